The molecule has 31 heavy (non-hydrogen) atoms. The Kier molecular flexibility index (Phi) is 11.0. The van der Waals surface area contributed by atoms with E-state index in [2.05, 4.69) is 10.6 Å². The number of nitrogens with zero attached hydrogens (tertiary/aromatic N) is 2. The van der Waals surface area contributed by atoms with Crippen molar-refractivity contribution in [3.05, 3.63) is 59.0 Å². The molecule has 0 aliphatic carbocycles. The number of aliphatic imine (C=N–C) groups is 1. The molecule has 1 aliphatic rings. The molecule has 3 rings (SSSR count). The summed E-state index contributed by atoms with van der Waals surface area (Å²) in [6.45, 7) is 4.83. The summed E-state index contributed by atoms with van der Waals surface area (Å²) >= 11 is 5.97. The molecule has 1 fully saturated rings. The van der Waals surface area contributed by atoms with Crippen molar-refractivity contribution in [1.29, 1.82) is 0 Å². The summed E-state index contributed by atoms with van der Waals surface area (Å²) in [4.78, 5) is 18.4. The molecule has 2 heterocycles. The number of likely N-dealkylation sites (tertiary alicyclic amines) is 1. The van der Waals surface area contributed by atoms with E-state index in [9.17, 15) is 4.79 Å². The van der Waals surface area contributed by atoms with Gasteiger partial charge in [-0.25, -0.2) is 9.79 Å². The van der Waals surface area contributed by atoms with Gasteiger partial charge in [0.2, 0.25) is 0 Å². The lowest BCUT2D eigenvalue weighted by Gasteiger charge is -2.32. The van der Waals surface area contributed by atoms with Crippen LogP contribution < -0.4 is 10.6 Å². The average molecular weight is 561 g/mol. The number of halogens is 2. The van der Waals surface area contributed by atoms with Crippen LogP contribution in [0.5, 0.6) is 0 Å². The molecular formula is C22H30ClIN4O3. The highest BCUT2D eigenvalue weighted by molar-refractivity contribution is 14.0. The number of piperidine rings is 1. The van der Waals surface area contributed by atoms with Gasteiger partial charge in [-0.05, 0) is 49.6 Å². The molecule has 0 spiro atoms. The molecule has 9 heteroatoms. The van der Waals surface area contributed by atoms with Gasteiger partial charge in [-0.2, -0.15) is 0 Å². The zero-order valence-corrected chi connectivity index (χ0v) is 20.8. The Bertz CT molecular complexity index is 807. The van der Waals surface area contributed by atoms with Crippen molar-refractivity contribution in [2.45, 2.75) is 38.8 Å². The summed E-state index contributed by atoms with van der Waals surface area (Å²) in [5.41, 5.74) is 1.09. The number of rotatable bonds is 7. The lowest BCUT2D eigenvalue weighted by Crippen LogP contribution is -2.50. The first-order valence-electron chi connectivity index (χ1n) is 10.4. The Morgan fingerprint density at radius 3 is 2.65 bits per heavy atom. The van der Waals surface area contributed by atoms with Crippen LogP contribution in [0.2, 0.25) is 5.02 Å². The summed E-state index contributed by atoms with van der Waals surface area (Å²) in [5.74, 6) is 1.69. The van der Waals surface area contributed by atoms with Crippen molar-refractivity contribution < 1.29 is 13.9 Å². The Morgan fingerprint density at radius 1 is 1.26 bits per heavy atom. The molecule has 2 N–H and O–H groups in total. The van der Waals surface area contributed by atoms with Crippen molar-refractivity contribution in [3.8, 4) is 0 Å². The number of ether oxygens (including phenoxy) is 1. The van der Waals surface area contributed by atoms with E-state index in [4.69, 9.17) is 25.7 Å². The third-order valence-corrected chi connectivity index (χ3v) is 5.19. The molecule has 0 atom stereocenters. The lowest BCUT2D eigenvalue weighted by atomic mass is 10.1. The van der Waals surface area contributed by atoms with Crippen molar-refractivity contribution in [3.63, 3.8) is 0 Å². The van der Waals surface area contributed by atoms with Gasteiger partial charge in [0.1, 0.15) is 5.76 Å². The fraction of sp³-hybridized carbons (Fsp3) is 0.455. The van der Waals surface area contributed by atoms with Crippen LogP contribution in [0.1, 0.15) is 31.1 Å². The van der Waals surface area contributed by atoms with Crippen LogP contribution in [0.3, 0.4) is 0 Å². The number of furan rings is 1. The second-order valence-electron chi connectivity index (χ2n) is 7.15. The number of carbonyl (C=O) groups is 1. The molecule has 0 unspecified atom stereocenters. The topological polar surface area (TPSA) is 79.1 Å². The summed E-state index contributed by atoms with van der Waals surface area (Å²) < 4.78 is 10.5. The fourth-order valence-electron chi connectivity index (χ4n) is 3.29. The normalized spacial score (nSPS) is 14.6. The number of carbonyl (C=O) groups excluding carboxylic acids is 1. The van der Waals surface area contributed by atoms with Gasteiger partial charge in [0.15, 0.2) is 5.96 Å². The maximum absolute atomic E-state index is 11.9. The first kappa shape index (κ1) is 25.3. The van der Waals surface area contributed by atoms with Crippen molar-refractivity contribution in [2.24, 2.45) is 4.99 Å². The molecule has 2 aromatic rings. The van der Waals surface area contributed by atoms with E-state index < -0.39 is 0 Å². The van der Waals surface area contributed by atoms with Gasteiger partial charge in [-0.1, -0.05) is 23.7 Å². The second kappa shape index (κ2) is 13.5. The standard InChI is InChI=1S/C22H29ClN4O3.HI/c1-2-29-22(28)27-13-10-19(11-14-27)26-21(24-12-9-20-4-3-15-30-20)25-16-17-5-7-18(23)8-6-17;/h3-8,15,19H,2,9-14,16H2,1H3,(H2,24,25,26);1H. The van der Waals surface area contributed by atoms with Gasteiger partial charge in [0.05, 0.1) is 19.4 Å². The minimum atomic E-state index is -0.232. The van der Waals surface area contributed by atoms with Crippen LogP contribution >= 0.6 is 35.6 Å². The van der Waals surface area contributed by atoms with Gasteiger partial charge in [-0.3, -0.25) is 0 Å². The first-order valence-corrected chi connectivity index (χ1v) is 10.7. The minimum Gasteiger partial charge on any atom is -0.469 e. The summed E-state index contributed by atoms with van der Waals surface area (Å²) in [6.07, 6.45) is 3.91. The van der Waals surface area contributed by atoms with Gasteiger partial charge in [0.25, 0.3) is 0 Å². The largest absolute Gasteiger partial charge is 0.469 e. The number of benzene rings is 1. The molecule has 0 saturated carbocycles. The van der Waals surface area contributed by atoms with Crippen LogP contribution in [0, 0.1) is 0 Å². The monoisotopic (exact) mass is 560 g/mol. The Hall–Kier alpha value is -1.94. The highest BCUT2D eigenvalue weighted by atomic mass is 127. The zero-order chi connectivity index (χ0) is 21.2. The first-order chi connectivity index (χ1) is 14.6. The SMILES string of the molecule is CCOC(=O)N1CCC(NC(=NCc2ccc(Cl)cc2)NCCc2ccco2)CC1.I. The summed E-state index contributed by atoms with van der Waals surface area (Å²) in [5, 5.41) is 7.62. The van der Waals surface area contributed by atoms with Crippen LogP contribution in [-0.2, 0) is 17.7 Å². The van der Waals surface area contributed by atoms with Gasteiger partial charge >= 0.3 is 6.09 Å². The predicted octanol–water partition coefficient (Wildman–Crippen LogP) is 4.45. The van der Waals surface area contributed by atoms with Gasteiger partial charge in [-0.15, -0.1) is 24.0 Å². The quantitative estimate of drug-likeness (QED) is 0.297. The van der Waals surface area contributed by atoms with E-state index in [1.807, 2.05) is 43.3 Å². The highest BCUT2D eigenvalue weighted by Crippen LogP contribution is 2.13. The van der Waals surface area contributed by atoms with E-state index in [0.717, 1.165) is 36.5 Å². The minimum absolute atomic E-state index is 0. The van der Waals surface area contributed by atoms with E-state index in [1.165, 1.54) is 0 Å². The van der Waals surface area contributed by atoms with Crippen LogP contribution in [0.4, 0.5) is 4.79 Å². The molecule has 0 bridgehead atoms. The Morgan fingerprint density at radius 2 is 2.00 bits per heavy atom. The fourth-order valence-corrected chi connectivity index (χ4v) is 3.41. The summed E-state index contributed by atoms with van der Waals surface area (Å²) in [6, 6.07) is 11.8. The maximum Gasteiger partial charge on any atom is 0.409 e. The Balaban J connectivity index is 0.00000341. The van der Waals surface area contributed by atoms with Crippen molar-refractivity contribution >= 4 is 47.6 Å². The third kappa shape index (κ3) is 8.60. The van der Waals surface area contributed by atoms with Crippen LogP contribution in [0.25, 0.3) is 0 Å². The number of amides is 1. The molecule has 1 aliphatic heterocycles. The number of hydrogen-bond acceptors (Lipinski definition) is 4. The van der Waals surface area contributed by atoms with E-state index >= 15 is 0 Å². The van der Waals surface area contributed by atoms with Crippen molar-refractivity contribution in [2.75, 3.05) is 26.2 Å². The number of hydrogen-bond donors (Lipinski definition) is 2. The highest BCUT2D eigenvalue weighted by Gasteiger charge is 2.24. The van der Waals surface area contributed by atoms with E-state index in [-0.39, 0.29) is 36.1 Å². The smallest absolute Gasteiger partial charge is 0.409 e. The number of nitrogens with one attached hydrogen (secondary N) is 2. The molecule has 1 saturated heterocycles. The number of guanidine groups is 1. The molecule has 1 amide bonds. The third-order valence-electron chi connectivity index (χ3n) is 4.94. The van der Waals surface area contributed by atoms with Crippen molar-refractivity contribution in [1.82, 2.24) is 15.5 Å². The molecule has 1 aromatic heterocycles. The molecule has 170 valence electrons. The van der Waals surface area contributed by atoms with E-state index in [1.54, 1.807) is 11.2 Å². The maximum atomic E-state index is 11.9. The molecular weight excluding hydrogens is 531 g/mol. The molecule has 1 aromatic carbocycles. The lowest BCUT2D eigenvalue weighted by molar-refractivity contribution is 0.0963. The van der Waals surface area contributed by atoms with Crippen LogP contribution in [-0.4, -0.2) is 49.2 Å². The summed E-state index contributed by atoms with van der Waals surface area (Å²) in [7, 11) is 0. The van der Waals surface area contributed by atoms with Gasteiger partial charge < -0.3 is 24.7 Å². The van der Waals surface area contributed by atoms with E-state index in [0.29, 0.717) is 37.8 Å². The second-order valence-corrected chi connectivity index (χ2v) is 7.59. The average Bonchev–Trinajstić information content (AvgIpc) is 3.27. The van der Waals surface area contributed by atoms with Gasteiger partial charge in [0, 0.05) is 37.1 Å². The van der Waals surface area contributed by atoms with Crippen LogP contribution in [0.15, 0.2) is 52.1 Å². The zero-order valence-electron chi connectivity index (χ0n) is 17.7. The predicted molar refractivity (Wildman–Crippen MR) is 133 cm³/mol. The molecule has 0 radical (unpaired) electrons. The molecule has 7 nitrogen and oxygen atoms in total. The Labute approximate surface area is 205 Å².